The van der Waals surface area contributed by atoms with Gasteiger partial charge in [-0.05, 0) is 18.6 Å². The summed E-state index contributed by atoms with van der Waals surface area (Å²) in [6.45, 7) is 2.79. The Bertz CT molecular complexity index is 1800. The quantitative estimate of drug-likeness (QED) is 0.257. The molecule has 1 atom stereocenters. The highest BCUT2D eigenvalue weighted by molar-refractivity contribution is 6.36. The van der Waals surface area contributed by atoms with E-state index in [9.17, 15) is 14.4 Å². The zero-order valence-electron chi connectivity index (χ0n) is 24.8. The first-order chi connectivity index (χ1) is 21.2. The number of pyridine rings is 1. The Morgan fingerprint density at radius 1 is 1.16 bits per heavy atom. The fourth-order valence-corrected chi connectivity index (χ4v) is 6.10. The van der Waals surface area contributed by atoms with E-state index in [4.69, 9.17) is 31.2 Å². The summed E-state index contributed by atoms with van der Waals surface area (Å²) in [6, 6.07) is 11.5. The Morgan fingerprint density at radius 3 is 2.68 bits per heavy atom. The molecule has 3 aromatic heterocycles. The van der Waals surface area contributed by atoms with E-state index in [1.165, 1.54) is 7.11 Å². The van der Waals surface area contributed by atoms with Crippen LogP contribution >= 0.6 is 11.6 Å². The first-order valence-electron chi connectivity index (χ1n) is 14.5. The van der Waals surface area contributed by atoms with Crippen LogP contribution in [-0.4, -0.2) is 75.8 Å². The van der Waals surface area contributed by atoms with E-state index in [-0.39, 0.29) is 29.4 Å². The molecule has 4 aromatic rings. The highest BCUT2D eigenvalue weighted by Crippen LogP contribution is 2.37. The van der Waals surface area contributed by atoms with Crippen LogP contribution in [0.5, 0.6) is 5.88 Å². The number of amides is 1. The van der Waals surface area contributed by atoms with E-state index in [0.29, 0.717) is 67.1 Å². The number of hydrogen-bond donors (Lipinski definition) is 2. The minimum atomic E-state index is -0.221. The SMILES string of the molecule is COC(=O)C1CN(Cc2nn3cc(-c4cccc(-c5ccc(CNC[C@@H]6CCC(=O)N6)c(OC)n5)c4Cl)cc3c(=O)n2C)C1. The number of benzene rings is 1. The summed E-state index contributed by atoms with van der Waals surface area (Å²) in [5, 5.41) is 11.5. The summed E-state index contributed by atoms with van der Waals surface area (Å²) in [4.78, 5) is 43.3. The summed E-state index contributed by atoms with van der Waals surface area (Å²) in [5.74, 6) is 0.799. The molecule has 12 nitrogen and oxygen atoms in total. The minimum absolute atomic E-state index is 0.0925. The van der Waals surface area contributed by atoms with Gasteiger partial charge in [-0.15, -0.1) is 0 Å². The molecular formula is C31H34ClN7O5. The molecule has 0 unspecified atom stereocenters. The average Bonchev–Trinajstić information content (AvgIpc) is 3.63. The molecule has 6 rings (SSSR count). The molecule has 0 aliphatic carbocycles. The van der Waals surface area contributed by atoms with Crippen molar-refractivity contribution in [2.75, 3.05) is 33.9 Å². The second-order valence-corrected chi connectivity index (χ2v) is 11.6. The highest BCUT2D eigenvalue weighted by Gasteiger charge is 2.34. The van der Waals surface area contributed by atoms with E-state index >= 15 is 0 Å². The number of aromatic nitrogens is 4. The second-order valence-electron chi connectivity index (χ2n) is 11.2. The topological polar surface area (TPSA) is 132 Å². The van der Waals surface area contributed by atoms with Gasteiger partial charge in [-0.25, -0.2) is 9.50 Å². The monoisotopic (exact) mass is 619 g/mol. The lowest BCUT2D eigenvalue weighted by atomic mass is 10.0. The number of methoxy groups -OCH3 is 2. The standard InChI is InChI=1S/C31H34ClN7O5/c1-37-26(17-38-14-20(15-38)31(42)44-3)36-39-16-19(11-25(39)30(37)41)22-5-4-6-23(28(22)32)24-9-7-18(29(35-24)43-2)12-33-13-21-8-10-27(40)34-21/h4-7,9,11,16,20-21,33H,8,10,12-15,17H2,1-3H3,(H,34,40)/t21-/m0/s1. The van der Waals surface area contributed by atoms with E-state index in [2.05, 4.69) is 15.5 Å². The third-order valence-corrected chi connectivity index (χ3v) is 8.71. The lowest BCUT2D eigenvalue weighted by molar-refractivity contribution is -0.151. The van der Waals surface area contributed by atoms with Crippen LogP contribution in [0.3, 0.4) is 0 Å². The van der Waals surface area contributed by atoms with Crippen molar-refractivity contribution in [3.05, 3.63) is 69.4 Å². The van der Waals surface area contributed by atoms with E-state index < -0.39 is 0 Å². The number of ether oxygens (including phenoxy) is 2. The van der Waals surface area contributed by atoms with Crippen LogP contribution in [-0.2, 0) is 34.5 Å². The van der Waals surface area contributed by atoms with Crippen molar-refractivity contribution in [2.24, 2.45) is 13.0 Å². The van der Waals surface area contributed by atoms with Gasteiger partial charge in [0.05, 0.1) is 37.4 Å². The van der Waals surface area contributed by atoms with Crippen LogP contribution < -0.4 is 20.9 Å². The summed E-state index contributed by atoms with van der Waals surface area (Å²) in [7, 11) is 4.67. The van der Waals surface area contributed by atoms with Crippen LogP contribution in [0.2, 0.25) is 5.02 Å². The lowest BCUT2D eigenvalue weighted by Gasteiger charge is -2.37. The highest BCUT2D eigenvalue weighted by atomic mass is 35.5. The molecule has 5 heterocycles. The molecular weight excluding hydrogens is 586 g/mol. The Labute approximate surface area is 258 Å². The van der Waals surface area contributed by atoms with Gasteiger partial charge >= 0.3 is 5.97 Å². The third kappa shape index (κ3) is 5.80. The second kappa shape index (κ2) is 12.4. The van der Waals surface area contributed by atoms with Gasteiger partial charge in [-0.1, -0.05) is 35.9 Å². The fraction of sp³-hybridized carbons (Fsp3) is 0.387. The zero-order chi connectivity index (χ0) is 31.0. The Hall–Kier alpha value is -4.26. The van der Waals surface area contributed by atoms with Crippen LogP contribution in [0.4, 0.5) is 0 Å². The summed E-state index contributed by atoms with van der Waals surface area (Å²) in [6.07, 6.45) is 3.20. The lowest BCUT2D eigenvalue weighted by Crippen LogP contribution is -2.50. The molecule has 0 spiro atoms. The largest absolute Gasteiger partial charge is 0.481 e. The molecule has 2 saturated heterocycles. The maximum atomic E-state index is 13.3. The number of likely N-dealkylation sites (tertiary alicyclic amines) is 1. The molecule has 44 heavy (non-hydrogen) atoms. The van der Waals surface area contributed by atoms with Gasteiger partial charge in [-0.2, -0.15) is 5.10 Å². The number of halogens is 1. The molecule has 0 radical (unpaired) electrons. The van der Waals surface area contributed by atoms with Crippen molar-refractivity contribution >= 4 is 29.0 Å². The summed E-state index contributed by atoms with van der Waals surface area (Å²) in [5.41, 5.74) is 4.02. The van der Waals surface area contributed by atoms with E-state index in [0.717, 1.165) is 28.7 Å². The third-order valence-electron chi connectivity index (χ3n) is 8.30. The average molecular weight is 620 g/mol. The van der Waals surface area contributed by atoms with Crippen LogP contribution in [0.15, 0.2) is 47.4 Å². The minimum Gasteiger partial charge on any atom is -0.481 e. The number of fused-ring (bicyclic) bond motifs is 1. The molecule has 2 N–H and O–H groups in total. The molecule has 2 fully saturated rings. The Kier molecular flexibility index (Phi) is 8.39. The Morgan fingerprint density at radius 2 is 1.95 bits per heavy atom. The van der Waals surface area contributed by atoms with Crippen molar-refractivity contribution in [3.8, 4) is 28.3 Å². The molecule has 13 heteroatoms. The number of carbonyl (C=O) groups is 2. The van der Waals surface area contributed by atoms with Gasteiger partial charge in [0.15, 0.2) is 0 Å². The molecule has 2 aliphatic heterocycles. The Balaban J connectivity index is 1.22. The predicted octanol–water partition coefficient (Wildman–Crippen LogP) is 2.40. The molecule has 2 aliphatic rings. The molecule has 0 bridgehead atoms. The van der Waals surface area contributed by atoms with E-state index in [1.54, 1.807) is 35.5 Å². The van der Waals surface area contributed by atoms with Gasteiger partial charge in [0.25, 0.3) is 5.56 Å². The number of esters is 1. The number of carbonyl (C=O) groups excluding carboxylic acids is 2. The fourth-order valence-electron chi connectivity index (χ4n) is 5.77. The number of nitrogens with zero attached hydrogens (tertiary/aromatic N) is 5. The molecule has 1 amide bonds. The number of nitrogens with one attached hydrogen (secondary N) is 2. The maximum Gasteiger partial charge on any atom is 0.311 e. The molecule has 230 valence electrons. The van der Waals surface area contributed by atoms with Gasteiger partial charge < -0.3 is 20.1 Å². The number of hydrogen-bond acceptors (Lipinski definition) is 9. The summed E-state index contributed by atoms with van der Waals surface area (Å²) < 4.78 is 13.6. The van der Waals surface area contributed by atoms with Crippen molar-refractivity contribution in [3.63, 3.8) is 0 Å². The van der Waals surface area contributed by atoms with Crippen LogP contribution in [0.1, 0.15) is 24.2 Å². The number of rotatable bonds is 10. The van der Waals surface area contributed by atoms with Crippen LogP contribution in [0.25, 0.3) is 27.9 Å². The maximum absolute atomic E-state index is 13.3. The molecule has 1 aromatic carbocycles. The molecule has 0 saturated carbocycles. The van der Waals surface area contributed by atoms with Gasteiger partial charge in [0.1, 0.15) is 11.3 Å². The van der Waals surface area contributed by atoms with Crippen molar-refractivity contribution < 1.29 is 19.1 Å². The first kappa shape index (κ1) is 29.8. The summed E-state index contributed by atoms with van der Waals surface area (Å²) >= 11 is 6.97. The van der Waals surface area contributed by atoms with Crippen molar-refractivity contribution in [1.29, 1.82) is 0 Å². The van der Waals surface area contributed by atoms with Gasteiger partial charge in [-0.3, -0.25) is 23.9 Å². The normalized spacial score (nSPS) is 17.1. The van der Waals surface area contributed by atoms with Crippen molar-refractivity contribution in [2.45, 2.75) is 32.0 Å². The van der Waals surface area contributed by atoms with Gasteiger partial charge in [0.2, 0.25) is 11.8 Å². The first-order valence-corrected chi connectivity index (χ1v) is 14.8. The smallest absolute Gasteiger partial charge is 0.311 e. The predicted molar refractivity (Wildman–Crippen MR) is 164 cm³/mol. The van der Waals surface area contributed by atoms with Crippen LogP contribution in [0, 0.1) is 5.92 Å². The van der Waals surface area contributed by atoms with Gasteiger partial charge in [0, 0.05) is 74.1 Å². The van der Waals surface area contributed by atoms with E-state index in [1.807, 2.05) is 30.3 Å². The van der Waals surface area contributed by atoms with Crippen molar-refractivity contribution in [1.82, 2.24) is 34.7 Å². The zero-order valence-corrected chi connectivity index (χ0v) is 25.6.